The third kappa shape index (κ3) is 5.07. The van der Waals surface area contributed by atoms with Gasteiger partial charge in [0.15, 0.2) is 0 Å². The summed E-state index contributed by atoms with van der Waals surface area (Å²) < 4.78 is 4.61. The zero-order chi connectivity index (χ0) is 14.3. The maximum absolute atomic E-state index is 11.7. The maximum atomic E-state index is 11.7. The second-order valence-corrected chi connectivity index (χ2v) is 4.08. The number of carbonyl (C=O) groups excluding carboxylic acids is 2. The van der Waals surface area contributed by atoms with E-state index >= 15 is 0 Å². The van der Waals surface area contributed by atoms with Crippen LogP contribution in [0.3, 0.4) is 0 Å². The van der Waals surface area contributed by atoms with Gasteiger partial charge in [0.25, 0.3) is 0 Å². The van der Waals surface area contributed by atoms with Crippen LogP contribution in [0.1, 0.15) is 10.4 Å². The molecule has 0 bridgehead atoms. The van der Waals surface area contributed by atoms with Crippen molar-refractivity contribution in [2.75, 3.05) is 39.2 Å². The zero-order valence-electron chi connectivity index (χ0n) is 11.0. The topological polar surface area (TPSA) is 78.9 Å². The summed E-state index contributed by atoms with van der Waals surface area (Å²) in [7, 11) is 3.04. The van der Waals surface area contributed by atoms with E-state index in [0.29, 0.717) is 17.8 Å². The molecule has 0 aliphatic heterocycles. The molecule has 0 saturated carbocycles. The lowest BCUT2D eigenvalue weighted by Gasteiger charge is -2.14. The Balaban J connectivity index is 2.62. The molecule has 0 aliphatic carbocycles. The van der Waals surface area contributed by atoms with Gasteiger partial charge >= 0.3 is 5.97 Å². The number of anilines is 1. The van der Waals surface area contributed by atoms with E-state index in [1.807, 2.05) is 0 Å². The molecule has 0 saturated heterocycles. The number of rotatable bonds is 6. The van der Waals surface area contributed by atoms with Gasteiger partial charge in [0.2, 0.25) is 5.91 Å². The van der Waals surface area contributed by atoms with Crippen LogP contribution in [0.15, 0.2) is 24.3 Å². The maximum Gasteiger partial charge on any atom is 0.337 e. The number of hydrogen-bond acceptors (Lipinski definition) is 5. The van der Waals surface area contributed by atoms with E-state index in [-0.39, 0.29) is 19.1 Å². The average Bonchev–Trinajstić information content (AvgIpc) is 2.38. The molecule has 1 amide bonds. The van der Waals surface area contributed by atoms with Crippen LogP contribution in [0.2, 0.25) is 0 Å². The Morgan fingerprint density at radius 2 is 2.16 bits per heavy atom. The predicted molar refractivity (Wildman–Crippen MR) is 71.0 cm³/mol. The lowest BCUT2D eigenvalue weighted by molar-refractivity contribution is -0.117. The summed E-state index contributed by atoms with van der Waals surface area (Å²) in [5, 5.41) is 11.4. The van der Waals surface area contributed by atoms with Crippen molar-refractivity contribution in [3.05, 3.63) is 29.8 Å². The lowest BCUT2D eigenvalue weighted by Crippen LogP contribution is -2.32. The van der Waals surface area contributed by atoms with Crippen molar-refractivity contribution < 1.29 is 19.4 Å². The van der Waals surface area contributed by atoms with Crippen LogP contribution >= 0.6 is 0 Å². The number of nitrogens with one attached hydrogen (secondary N) is 1. The molecular weight excluding hydrogens is 248 g/mol. The van der Waals surface area contributed by atoms with Gasteiger partial charge in [0, 0.05) is 12.2 Å². The smallest absolute Gasteiger partial charge is 0.337 e. The Morgan fingerprint density at radius 1 is 1.42 bits per heavy atom. The van der Waals surface area contributed by atoms with Crippen molar-refractivity contribution in [1.82, 2.24) is 4.90 Å². The van der Waals surface area contributed by atoms with E-state index in [4.69, 9.17) is 5.11 Å². The molecule has 0 unspecified atom stereocenters. The average molecular weight is 266 g/mol. The van der Waals surface area contributed by atoms with E-state index in [0.717, 1.165) is 0 Å². The molecule has 0 fully saturated rings. The van der Waals surface area contributed by atoms with Crippen LogP contribution in [0.5, 0.6) is 0 Å². The highest BCUT2D eigenvalue weighted by atomic mass is 16.5. The number of likely N-dealkylation sites (N-methyl/N-ethyl adjacent to an activating group) is 1. The van der Waals surface area contributed by atoms with Gasteiger partial charge in [-0.25, -0.2) is 4.79 Å². The molecule has 2 N–H and O–H groups in total. The molecule has 104 valence electrons. The van der Waals surface area contributed by atoms with Crippen molar-refractivity contribution in [3.8, 4) is 0 Å². The van der Waals surface area contributed by atoms with Crippen LogP contribution < -0.4 is 5.32 Å². The number of methoxy groups -OCH3 is 1. The summed E-state index contributed by atoms with van der Waals surface area (Å²) in [6.45, 7) is 0.597. The van der Waals surface area contributed by atoms with Crippen molar-refractivity contribution in [2.45, 2.75) is 0 Å². The highest BCUT2D eigenvalue weighted by Gasteiger charge is 2.09. The first kappa shape index (κ1) is 15.1. The molecule has 6 nitrogen and oxygen atoms in total. The Labute approximate surface area is 112 Å². The molecular formula is C13H18N2O4. The van der Waals surface area contributed by atoms with Crippen LogP contribution in [0.4, 0.5) is 5.69 Å². The largest absolute Gasteiger partial charge is 0.465 e. The second-order valence-electron chi connectivity index (χ2n) is 4.08. The molecule has 6 heteroatoms. The number of benzene rings is 1. The van der Waals surface area contributed by atoms with Gasteiger partial charge in [0.1, 0.15) is 0 Å². The van der Waals surface area contributed by atoms with Crippen molar-refractivity contribution in [2.24, 2.45) is 0 Å². The van der Waals surface area contributed by atoms with Gasteiger partial charge in [-0.15, -0.1) is 0 Å². The highest BCUT2D eigenvalue weighted by molar-refractivity contribution is 5.95. The third-order valence-corrected chi connectivity index (χ3v) is 2.46. The Bertz CT molecular complexity index is 448. The first-order chi connectivity index (χ1) is 9.06. The van der Waals surface area contributed by atoms with E-state index in [2.05, 4.69) is 10.1 Å². The number of nitrogens with zero attached hydrogens (tertiary/aromatic N) is 1. The van der Waals surface area contributed by atoms with Crippen molar-refractivity contribution in [1.29, 1.82) is 0 Å². The molecule has 1 aromatic carbocycles. The Morgan fingerprint density at radius 3 is 2.79 bits per heavy atom. The summed E-state index contributed by atoms with van der Waals surface area (Å²) in [5.74, 6) is -0.661. The number of aliphatic hydroxyl groups excluding tert-OH is 1. The number of amides is 1. The number of esters is 1. The van der Waals surface area contributed by atoms with Gasteiger partial charge in [-0.2, -0.15) is 0 Å². The number of aliphatic hydroxyl groups is 1. The SMILES string of the molecule is COC(=O)c1cccc(NC(=O)CN(C)CCO)c1. The molecule has 1 rings (SSSR count). The lowest BCUT2D eigenvalue weighted by atomic mass is 10.2. The summed E-state index contributed by atoms with van der Waals surface area (Å²) in [4.78, 5) is 24.7. The standard InChI is InChI=1S/C13H18N2O4/c1-15(6-7-16)9-12(17)14-11-5-3-4-10(8-11)13(18)19-2/h3-5,8,16H,6-7,9H2,1-2H3,(H,14,17). The summed E-state index contributed by atoms with van der Waals surface area (Å²) in [6.07, 6.45) is 0. The minimum Gasteiger partial charge on any atom is -0.465 e. The van der Waals surface area contributed by atoms with Gasteiger partial charge in [-0.1, -0.05) is 6.07 Å². The molecule has 0 aliphatic rings. The monoisotopic (exact) mass is 266 g/mol. The number of carbonyl (C=O) groups is 2. The molecule has 0 spiro atoms. The fraction of sp³-hybridized carbons (Fsp3) is 0.385. The van der Waals surface area contributed by atoms with E-state index in [1.165, 1.54) is 7.11 Å². The minimum atomic E-state index is -0.450. The zero-order valence-corrected chi connectivity index (χ0v) is 11.0. The molecule has 19 heavy (non-hydrogen) atoms. The first-order valence-corrected chi connectivity index (χ1v) is 5.84. The van der Waals surface area contributed by atoms with E-state index in [9.17, 15) is 9.59 Å². The van der Waals surface area contributed by atoms with E-state index < -0.39 is 5.97 Å². The van der Waals surface area contributed by atoms with Gasteiger partial charge in [-0.05, 0) is 25.2 Å². The van der Waals surface area contributed by atoms with E-state index in [1.54, 1.807) is 36.2 Å². The Kier molecular flexibility index (Phi) is 5.98. The van der Waals surface area contributed by atoms with Crippen LogP contribution in [0, 0.1) is 0 Å². The normalized spacial score (nSPS) is 10.3. The third-order valence-electron chi connectivity index (χ3n) is 2.46. The first-order valence-electron chi connectivity index (χ1n) is 5.84. The van der Waals surface area contributed by atoms with Crippen LogP contribution in [-0.4, -0.2) is 55.7 Å². The quantitative estimate of drug-likeness (QED) is 0.726. The number of ether oxygens (including phenoxy) is 1. The van der Waals surface area contributed by atoms with Crippen molar-refractivity contribution >= 4 is 17.6 Å². The fourth-order valence-corrected chi connectivity index (χ4v) is 1.54. The molecule has 1 aromatic rings. The number of hydrogen-bond donors (Lipinski definition) is 2. The van der Waals surface area contributed by atoms with Gasteiger partial charge in [-0.3, -0.25) is 9.69 Å². The summed E-state index contributed by atoms with van der Waals surface area (Å²) in [6, 6.07) is 6.52. The molecule has 0 radical (unpaired) electrons. The highest BCUT2D eigenvalue weighted by Crippen LogP contribution is 2.11. The fourth-order valence-electron chi connectivity index (χ4n) is 1.54. The van der Waals surface area contributed by atoms with Crippen molar-refractivity contribution in [3.63, 3.8) is 0 Å². The summed E-state index contributed by atoms with van der Waals surface area (Å²) in [5.41, 5.74) is 0.911. The molecule has 0 aromatic heterocycles. The summed E-state index contributed by atoms with van der Waals surface area (Å²) >= 11 is 0. The van der Waals surface area contributed by atoms with Gasteiger partial charge in [0.05, 0.1) is 25.8 Å². The minimum absolute atomic E-state index is 0.00159. The predicted octanol–water partition coefficient (Wildman–Crippen LogP) is 0.336. The van der Waals surface area contributed by atoms with Gasteiger partial charge < -0.3 is 15.2 Å². The second kappa shape index (κ2) is 7.50. The Hall–Kier alpha value is -1.92. The molecule has 0 atom stereocenters. The van der Waals surface area contributed by atoms with Crippen LogP contribution in [-0.2, 0) is 9.53 Å². The molecule has 0 heterocycles. The van der Waals surface area contributed by atoms with Crippen LogP contribution in [0.25, 0.3) is 0 Å².